The van der Waals surface area contributed by atoms with E-state index in [0.717, 1.165) is 15.9 Å². The van der Waals surface area contributed by atoms with E-state index < -0.39 is 11.1 Å². The maximum atomic E-state index is 11.2. The minimum atomic E-state index is -0.777. The summed E-state index contributed by atoms with van der Waals surface area (Å²) in [6.45, 7) is 1.91. The molecule has 19 heavy (non-hydrogen) atoms. The fourth-order valence-electron chi connectivity index (χ4n) is 1.56. The molecule has 0 atom stereocenters. The van der Waals surface area contributed by atoms with Crippen molar-refractivity contribution in [2.45, 2.75) is 17.8 Å². The second-order valence-electron chi connectivity index (χ2n) is 3.96. The molecule has 102 valence electrons. The maximum absolute atomic E-state index is 11.2. The Bertz CT molecular complexity index is 732. The largest absolute Gasteiger partial charge is 0.339 e. The van der Waals surface area contributed by atoms with E-state index in [2.05, 4.69) is 31.1 Å². The third-order valence-corrected chi connectivity index (χ3v) is 4.62. The van der Waals surface area contributed by atoms with Crippen molar-refractivity contribution in [2.24, 2.45) is 14.1 Å². The van der Waals surface area contributed by atoms with Crippen molar-refractivity contribution in [3.05, 3.63) is 36.6 Å². The van der Waals surface area contributed by atoms with E-state index in [9.17, 15) is 9.59 Å². The molecule has 9 heteroatoms. The number of hydrogen-bond donors (Lipinski definition) is 1. The van der Waals surface area contributed by atoms with E-state index in [1.165, 1.54) is 16.4 Å². The zero-order valence-electron chi connectivity index (χ0n) is 10.6. The van der Waals surface area contributed by atoms with Crippen molar-refractivity contribution in [3.63, 3.8) is 0 Å². The Hall–Kier alpha value is -1.35. The van der Waals surface area contributed by atoms with Gasteiger partial charge in [-0.15, -0.1) is 0 Å². The lowest BCUT2D eigenvalue weighted by Gasteiger charge is -2.06. The van der Waals surface area contributed by atoms with Crippen LogP contribution in [0.1, 0.15) is 11.4 Å². The van der Waals surface area contributed by atoms with Gasteiger partial charge in [-0.25, -0.2) is 0 Å². The van der Waals surface area contributed by atoms with Crippen molar-refractivity contribution < 1.29 is 0 Å². The van der Waals surface area contributed by atoms with Gasteiger partial charge in [0.2, 0.25) is 0 Å². The van der Waals surface area contributed by atoms with E-state index in [1.807, 2.05) is 14.0 Å². The Morgan fingerprint density at radius 1 is 1.37 bits per heavy atom. The number of aromatic amines is 1. The first-order valence-electron chi connectivity index (χ1n) is 5.38. The molecule has 0 radical (unpaired) electrons. The van der Waals surface area contributed by atoms with Crippen LogP contribution in [0.15, 0.2) is 19.2 Å². The molecule has 0 aliphatic rings. The fraction of sp³-hybridized carbons (Fsp3) is 0.400. The molecule has 2 rings (SSSR count). The monoisotopic (exact) mass is 345 g/mol. The first-order valence-corrected chi connectivity index (χ1v) is 7.16. The van der Waals surface area contributed by atoms with Gasteiger partial charge in [0.1, 0.15) is 0 Å². The number of nitrogens with one attached hydrogen (secondary N) is 1. The van der Waals surface area contributed by atoms with Crippen molar-refractivity contribution in [2.75, 3.05) is 0 Å². The van der Waals surface area contributed by atoms with Crippen LogP contribution < -0.4 is 11.1 Å². The van der Waals surface area contributed by atoms with Crippen molar-refractivity contribution >= 4 is 27.7 Å². The third kappa shape index (κ3) is 2.81. The first kappa shape index (κ1) is 14.1. The molecule has 1 N–H and O–H groups in total. The average Bonchev–Trinajstić information content (AvgIpc) is 2.57. The molecule has 0 fully saturated rings. The topological polar surface area (TPSA) is 85.6 Å². The van der Waals surface area contributed by atoms with Gasteiger partial charge >= 0.3 is 11.1 Å². The predicted octanol–water partition coefficient (Wildman–Crippen LogP) is 0.565. The molecule has 0 unspecified atom stereocenters. The zero-order chi connectivity index (χ0) is 14.2. The van der Waals surface area contributed by atoms with Gasteiger partial charge in [-0.3, -0.25) is 24.1 Å². The van der Waals surface area contributed by atoms with Gasteiger partial charge in [0.15, 0.2) is 5.16 Å². The molecule has 0 aliphatic carbocycles. The lowest BCUT2D eigenvalue weighted by Crippen LogP contribution is -2.33. The summed E-state index contributed by atoms with van der Waals surface area (Å²) in [6, 6.07) is 0. The van der Waals surface area contributed by atoms with E-state index in [1.54, 1.807) is 11.7 Å². The van der Waals surface area contributed by atoms with Crippen LogP contribution in [0.25, 0.3) is 0 Å². The van der Waals surface area contributed by atoms with Crippen molar-refractivity contribution in [3.8, 4) is 0 Å². The average molecular weight is 346 g/mol. The molecule has 0 aromatic carbocycles. The minimum absolute atomic E-state index is 0.454. The first-order chi connectivity index (χ1) is 8.90. The highest BCUT2D eigenvalue weighted by molar-refractivity contribution is 9.10. The number of halogens is 1. The zero-order valence-corrected chi connectivity index (χ0v) is 13.0. The van der Waals surface area contributed by atoms with Crippen LogP contribution in [0.5, 0.6) is 0 Å². The molecule has 0 spiro atoms. The Kier molecular flexibility index (Phi) is 3.95. The SMILES string of the molecule is Cc1nn(C)c(CSc2nc(=O)c(=O)[nH]n2C)c1Br. The van der Waals surface area contributed by atoms with Gasteiger partial charge < -0.3 is 0 Å². The normalized spacial score (nSPS) is 10.9. The maximum Gasteiger partial charge on any atom is 0.339 e. The van der Waals surface area contributed by atoms with Crippen LogP contribution in [0.3, 0.4) is 0 Å². The van der Waals surface area contributed by atoms with Crippen LogP contribution in [0.2, 0.25) is 0 Å². The van der Waals surface area contributed by atoms with Crippen LogP contribution in [-0.2, 0) is 19.8 Å². The fourth-order valence-corrected chi connectivity index (χ4v) is 3.20. The summed E-state index contributed by atoms with van der Waals surface area (Å²) in [5.74, 6) is 0.588. The van der Waals surface area contributed by atoms with E-state index in [0.29, 0.717) is 10.9 Å². The molecule has 0 aliphatic heterocycles. The summed E-state index contributed by atoms with van der Waals surface area (Å²) in [6.07, 6.45) is 0. The van der Waals surface area contributed by atoms with Gasteiger partial charge in [0.05, 0.1) is 15.9 Å². The molecular formula is C10H12BrN5O2S. The lowest BCUT2D eigenvalue weighted by molar-refractivity contribution is 0.596. The highest BCUT2D eigenvalue weighted by Gasteiger charge is 2.12. The van der Waals surface area contributed by atoms with Gasteiger partial charge in [-0.2, -0.15) is 10.1 Å². The molecular weight excluding hydrogens is 334 g/mol. The summed E-state index contributed by atoms with van der Waals surface area (Å²) in [5.41, 5.74) is 0.398. The number of aromatic nitrogens is 5. The Labute approximate surface area is 121 Å². The number of rotatable bonds is 3. The second-order valence-corrected chi connectivity index (χ2v) is 5.69. The van der Waals surface area contributed by atoms with E-state index >= 15 is 0 Å². The van der Waals surface area contributed by atoms with Gasteiger partial charge in [-0.1, -0.05) is 11.8 Å². The van der Waals surface area contributed by atoms with E-state index in [-0.39, 0.29) is 0 Å². The molecule has 0 saturated carbocycles. The molecule has 2 aromatic heterocycles. The Morgan fingerprint density at radius 3 is 2.63 bits per heavy atom. The number of nitrogens with zero attached hydrogens (tertiary/aromatic N) is 4. The summed E-state index contributed by atoms with van der Waals surface area (Å²) in [5, 5.41) is 7.15. The summed E-state index contributed by atoms with van der Waals surface area (Å²) in [4.78, 5) is 26.1. The van der Waals surface area contributed by atoms with Crippen LogP contribution >= 0.6 is 27.7 Å². The second kappa shape index (κ2) is 5.33. The third-order valence-electron chi connectivity index (χ3n) is 2.55. The molecule has 0 amide bonds. The van der Waals surface area contributed by atoms with Gasteiger partial charge in [-0.05, 0) is 22.9 Å². The van der Waals surface area contributed by atoms with Crippen LogP contribution in [0, 0.1) is 6.92 Å². The quantitative estimate of drug-likeness (QED) is 0.649. The molecule has 7 nitrogen and oxygen atoms in total. The van der Waals surface area contributed by atoms with Gasteiger partial charge in [0.25, 0.3) is 0 Å². The molecule has 2 heterocycles. The lowest BCUT2D eigenvalue weighted by atomic mass is 10.4. The summed E-state index contributed by atoms with van der Waals surface area (Å²) >= 11 is 4.83. The van der Waals surface area contributed by atoms with Crippen molar-refractivity contribution in [1.82, 2.24) is 24.5 Å². The minimum Gasteiger partial charge on any atom is -0.270 e. The highest BCUT2D eigenvalue weighted by atomic mass is 79.9. The smallest absolute Gasteiger partial charge is 0.270 e. The summed E-state index contributed by atoms with van der Waals surface area (Å²) in [7, 11) is 3.49. The molecule has 0 saturated heterocycles. The van der Waals surface area contributed by atoms with Gasteiger partial charge in [0, 0.05) is 19.8 Å². The number of thioether (sulfide) groups is 1. The van der Waals surface area contributed by atoms with E-state index in [4.69, 9.17) is 0 Å². The number of hydrogen-bond acceptors (Lipinski definition) is 5. The summed E-state index contributed by atoms with van der Waals surface area (Å²) < 4.78 is 4.15. The number of H-pyrrole nitrogens is 1. The predicted molar refractivity (Wildman–Crippen MR) is 75.3 cm³/mol. The van der Waals surface area contributed by atoms with Crippen LogP contribution in [0.4, 0.5) is 0 Å². The molecule has 2 aromatic rings. The number of aryl methyl sites for hydroxylation is 3. The Balaban J connectivity index is 2.26. The standard InChI is InChI=1S/C10H12BrN5O2S/c1-5-7(11)6(15(2)13-5)4-19-10-12-8(17)9(18)14-16(10)3/h4H2,1-3H3,(H,14,18). The van der Waals surface area contributed by atoms with Crippen LogP contribution in [-0.4, -0.2) is 24.5 Å². The highest BCUT2D eigenvalue weighted by Crippen LogP contribution is 2.26. The molecule has 0 bridgehead atoms. The van der Waals surface area contributed by atoms with Crippen molar-refractivity contribution in [1.29, 1.82) is 0 Å². The Morgan fingerprint density at radius 2 is 2.05 bits per heavy atom.